The Morgan fingerprint density at radius 2 is 1.91 bits per heavy atom. The number of carbonyl (C=O) groups is 1. The molecule has 1 amide bonds. The number of para-hydroxylation sites is 2. The van der Waals surface area contributed by atoms with E-state index in [1.165, 1.54) is 20.2 Å². The van der Waals surface area contributed by atoms with Gasteiger partial charge in [0.05, 0.1) is 13.3 Å². The monoisotopic (exact) mass is 453 g/mol. The number of phenolic OH excluding ortho intramolecular Hbond substituents is 1. The first-order valence-corrected chi connectivity index (χ1v) is 10.2. The Kier molecular flexibility index (Phi) is 6.05. The second-order valence-electron chi connectivity index (χ2n) is 7.27. The van der Waals surface area contributed by atoms with Crippen LogP contribution in [0, 0.1) is 18.3 Å². The molecule has 3 aromatic carbocycles. The van der Waals surface area contributed by atoms with E-state index in [1.807, 2.05) is 30.3 Å². The van der Waals surface area contributed by atoms with Gasteiger partial charge in [-0.25, -0.2) is 5.43 Å². The summed E-state index contributed by atoms with van der Waals surface area (Å²) in [5.74, 6) is -0.378. The maximum atomic E-state index is 12.9. The predicted octanol–water partition coefficient (Wildman–Crippen LogP) is 3.04. The number of methoxy groups -OCH3 is 1. The van der Waals surface area contributed by atoms with Gasteiger partial charge in [0.1, 0.15) is 28.8 Å². The molecule has 4 aromatic rings. The molecule has 1 aromatic heterocycles. The largest absolute Gasteiger partial charge is 0.507 e. The summed E-state index contributed by atoms with van der Waals surface area (Å²) < 4.78 is 6.25. The Balaban J connectivity index is 1.73. The molecule has 0 saturated carbocycles. The van der Waals surface area contributed by atoms with Gasteiger partial charge in [-0.05, 0) is 35.9 Å². The number of nitrogens with zero attached hydrogens (tertiary/aromatic N) is 4. The molecular formula is C25H19N5O4. The molecule has 0 atom stereocenters. The molecular weight excluding hydrogens is 434 g/mol. The summed E-state index contributed by atoms with van der Waals surface area (Å²) in [7, 11) is 1.44. The first kappa shape index (κ1) is 22.2. The second kappa shape index (κ2) is 9.26. The fourth-order valence-corrected chi connectivity index (χ4v) is 3.55. The van der Waals surface area contributed by atoms with Crippen LogP contribution in [0.2, 0.25) is 0 Å². The number of benzene rings is 3. The number of aromatic nitrogens is 2. The van der Waals surface area contributed by atoms with Crippen LogP contribution in [0.3, 0.4) is 0 Å². The molecule has 1 heterocycles. The van der Waals surface area contributed by atoms with Gasteiger partial charge >= 0.3 is 0 Å². The van der Waals surface area contributed by atoms with Crippen LogP contribution in [-0.2, 0) is 0 Å². The van der Waals surface area contributed by atoms with Crippen LogP contribution in [-0.4, -0.2) is 34.1 Å². The van der Waals surface area contributed by atoms with Gasteiger partial charge in [0, 0.05) is 11.1 Å². The van der Waals surface area contributed by atoms with E-state index >= 15 is 0 Å². The van der Waals surface area contributed by atoms with Crippen molar-refractivity contribution in [2.24, 2.45) is 5.10 Å². The van der Waals surface area contributed by atoms with Crippen LogP contribution in [0.5, 0.6) is 11.5 Å². The standard InChI is InChI=1S/C25H19N5O4/c1-15-18(13-26)25(33)30(20-9-5-6-10-22(20)34-2)29-23(15)24(32)28-27-14-19-17-8-4-3-7-16(17)11-12-21(19)31/h3-12,14,31H,1-2H3,(H,28,32)/b27-14+. The van der Waals surface area contributed by atoms with Crippen molar-refractivity contribution in [1.82, 2.24) is 15.2 Å². The van der Waals surface area contributed by atoms with Crippen molar-refractivity contribution in [3.05, 3.63) is 93.4 Å². The highest BCUT2D eigenvalue weighted by molar-refractivity contribution is 6.03. The first-order valence-electron chi connectivity index (χ1n) is 10.2. The summed E-state index contributed by atoms with van der Waals surface area (Å²) in [5.41, 5.74) is 2.15. The lowest BCUT2D eigenvalue weighted by Gasteiger charge is -2.13. The summed E-state index contributed by atoms with van der Waals surface area (Å²) >= 11 is 0. The second-order valence-corrected chi connectivity index (χ2v) is 7.27. The Morgan fingerprint density at radius 1 is 1.18 bits per heavy atom. The maximum Gasteiger partial charge on any atom is 0.292 e. The van der Waals surface area contributed by atoms with Crippen molar-refractivity contribution in [1.29, 1.82) is 5.26 Å². The Bertz CT molecular complexity index is 1550. The van der Waals surface area contributed by atoms with Gasteiger partial charge in [-0.1, -0.05) is 42.5 Å². The highest BCUT2D eigenvalue weighted by atomic mass is 16.5. The normalized spacial score (nSPS) is 10.9. The molecule has 0 bridgehead atoms. The van der Waals surface area contributed by atoms with Crippen LogP contribution < -0.4 is 15.7 Å². The molecule has 0 aliphatic rings. The lowest BCUT2D eigenvalue weighted by Crippen LogP contribution is -2.31. The van der Waals surface area contributed by atoms with Gasteiger partial charge in [-0.3, -0.25) is 9.59 Å². The van der Waals surface area contributed by atoms with Crippen molar-refractivity contribution in [3.63, 3.8) is 0 Å². The minimum Gasteiger partial charge on any atom is -0.507 e. The van der Waals surface area contributed by atoms with Crippen molar-refractivity contribution >= 4 is 22.9 Å². The number of fused-ring (bicyclic) bond motifs is 1. The number of amides is 1. The molecule has 0 radical (unpaired) electrons. The van der Waals surface area contributed by atoms with Crippen molar-refractivity contribution < 1.29 is 14.6 Å². The smallest absolute Gasteiger partial charge is 0.292 e. The molecule has 34 heavy (non-hydrogen) atoms. The summed E-state index contributed by atoms with van der Waals surface area (Å²) in [4.78, 5) is 25.8. The minimum atomic E-state index is -0.728. The average Bonchev–Trinajstić information content (AvgIpc) is 2.85. The zero-order chi connectivity index (χ0) is 24.2. The third kappa shape index (κ3) is 3.96. The Hall–Kier alpha value is -4.97. The fourth-order valence-electron chi connectivity index (χ4n) is 3.55. The number of nitrogens with one attached hydrogen (secondary N) is 1. The van der Waals surface area contributed by atoms with Gasteiger partial charge in [0.25, 0.3) is 11.5 Å². The van der Waals surface area contributed by atoms with Crippen molar-refractivity contribution in [2.75, 3.05) is 7.11 Å². The Morgan fingerprint density at radius 3 is 2.68 bits per heavy atom. The van der Waals surface area contributed by atoms with Gasteiger partial charge in [0.2, 0.25) is 0 Å². The van der Waals surface area contributed by atoms with Crippen LogP contribution in [0.4, 0.5) is 0 Å². The minimum absolute atomic E-state index is 0.00231. The molecule has 0 unspecified atom stereocenters. The fraction of sp³-hybridized carbons (Fsp3) is 0.0800. The van der Waals surface area contributed by atoms with Gasteiger partial charge in [-0.15, -0.1) is 0 Å². The van der Waals surface area contributed by atoms with E-state index in [0.29, 0.717) is 11.3 Å². The van der Waals surface area contributed by atoms with E-state index in [4.69, 9.17) is 4.74 Å². The highest BCUT2D eigenvalue weighted by Gasteiger charge is 2.21. The molecule has 0 aliphatic carbocycles. The third-order valence-electron chi connectivity index (χ3n) is 5.28. The third-order valence-corrected chi connectivity index (χ3v) is 5.28. The molecule has 9 heteroatoms. The van der Waals surface area contributed by atoms with Crippen molar-refractivity contribution in [2.45, 2.75) is 6.92 Å². The summed E-state index contributed by atoms with van der Waals surface area (Å²) in [6.07, 6.45) is 1.33. The number of aromatic hydroxyl groups is 1. The van der Waals surface area contributed by atoms with Crippen LogP contribution in [0.15, 0.2) is 70.6 Å². The quantitative estimate of drug-likeness (QED) is 0.353. The van der Waals surface area contributed by atoms with E-state index in [2.05, 4.69) is 15.6 Å². The van der Waals surface area contributed by atoms with Crippen LogP contribution in [0.1, 0.15) is 27.2 Å². The number of hydrogen-bond acceptors (Lipinski definition) is 7. The lowest BCUT2D eigenvalue weighted by molar-refractivity contribution is 0.0947. The van der Waals surface area contributed by atoms with Crippen LogP contribution >= 0.6 is 0 Å². The molecule has 0 fully saturated rings. The van der Waals surface area contributed by atoms with E-state index < -0.39 is 11.5 Å². The number of phenols is 1. The number of ether oxygens (including phenoxy) is 1. The molecule has 0 spiro atoms. The van der Waals surface area contributed by atoms with Gasteiger partial charge < -0.3 is 9.84 Å². The molecule has 2 N–H and O–H groups in total. The lowest BCUT2D eigenvalue weighted by atomic mass is 10.0. The topological polar surface area (TPSA) is 130 Å². The zero-order valence-corrected chi connectivity index (χ0v) is 18.3. The summed E-state index contributed by atoms with van der Waals surface area (Å²) in [6.45, 7) is 1.47. The maximum absolute atomic E-state index is 12.9. The SMILES string of the molecule is COc1ccccc1-n1nc(C(=O)N/N=C/c2c(O)ccc3ccccc23)c(C)c(C#N)c1=O. The number of nitriles is 1. The van der Waals surface area contributed by atoms with E-state index in [-0.39, 0.29) is 28.3 Å². The summed E-state index contributed by atoms with van der Waals surface area (Å²) in [6, 6.07) is 19.2. The molecule has 0 aliphatic heterocycles. The molecule has 9 nitrogen and oxygen atoms in total. The zero-order valence-electron chi connectivity index (χ0n) is 18.3. The van der Waals surface area contributed by atoms with Gasteiger partial charge in [-0.2, -0.15) is 20.1 Å². The van der Waals surface area contributed by atoms with E-state index in [0.717, 1.165) is 15.5 Å². The van der Waals surface area contributed by atoms with Crippen LogP contribution in [0.25, 0.3) is 16.5 Å². The molecule has 168 valence electrons. The number of rotatable bonds is 5. The van der Waals surface area contributed by atoms with E-state index in [1.54, 1.807) is 36.4 Å². The number of carbonyl (C=O) groups excluding carboxylic acids is 1. The first-order chi connectivity index (χ1) is 16.5. The molecule has 0 saturated heterocycles. The Labute approximate surface area is 194 Å². The van der Waals surface area contributed by atoms with E-state index in [9.17, 15) is 20.0 Å². The highest BCUT2D eigenvalue weighted by Crippen LogP contribution is 2.25. The average molecular weight is 453 g/mol. The number of hydrogen-bond donors (Lipinski definition) is 2. The van der Waals surface area contributed by atoms with Gasteiger partial charge in [0.15, 0.2) is 5.69 Å². The van der Waals surface area contributed by atoms with Crippen molar-refractivity contribution in [3.8, 4) is 23.3 Å². The predicted molar refractivity (Wildman–Crippen MR) is 127 cm³/mol. The number of hydrazone groups is 1. The summed E-state index contributed by atoms with van der Waals surface area (Å²) in [5, 5.41) is 29.6. The molecule has 4 rings (SSSR count).